The fourth-order valence-electron chi connectivity index (χ4n) is 4.05. The molecule has 4 rings (SSSR count). The first-order chi connectivity index (χ1) is 15.4. The third-order valence-corrected chi connectivity index (χ3v) is 5.93. The largest absolute Gasteiger partial charge is 0.508 e. The van der Waals surface area contributed by atoms with E-state index in [9.17, 15) is 19.8 Å². The van der Waals surface area contributed by atoms with Crippen LogP contribution in [0.3, 0.4) is 0 Å². The molecule has 1 fully saturated rings. The van der Waals surface area contributed by atoms with Crippen LogP contribution in [0.4, 0.5) is 0 Å². The van der Waals surface area contributed by atoms with E-state index in [1.807, 2.05) is 0 Å². The van der Waals surface area contributed by atoms with Crippen LogP contribution in [0, 0.1) is 0 Å². The summed E-state index contributed by atoms with van der Waals surface area (Å²) in [5, 5.41) is 34.7. The number of phenolic OH excluding ortho intramolecular Hbond substituents is 1. The fraction of sp³-hybridized carbons (Fsp3) is 0.280. The van der Waals surface area contributed by atoms with Gasteiger partial charge in [-0.25, -0.2) is 4.79 Å². The van der Waals surface area contributed by atoms with Crippen molar-refractivity contribution in [2.24, 2.45) is 0 Å². The Kier molecular flexibility index (Phi) is 6.39. The van der Waals surface area contributed by atoms with Crippen LogP contribution in [0.2, 0.25) is 0 Å². The van der Waals surface area contributed by atoms with E-state index in [0.29, 0.717) is 23.2 Å². The molecule has 3 aromatic rings. The summed E-state index contributed by atoms with van der Waals surface area (Å²) in [6, 6.07) is 14.3. The van der Waals surface area contributed by atoms with E-state index in [2.05, 4.69) is 10.2 Å². The van der Waals surface area contributed by atoms with E-state index in [1.165, 1.54) is 30.7 Å². The van der Waals surface area contributed by atoms with E-state index >= 15 is 0 Å². The lowest BCUT2D eigenvalue weighted by molar-refractivity contribution is 0.0696. The van der Waals surface area contributed by atoms with Gasteiger partial charge in [0.15, 0.2) is 0 Å². The van der Waals surface area contributed by atoms with Gasteiger partial charge in [0.25, 0.3) is 5.91 Å². The average molecular weight is 434 g/mol. The zero-order valence-electron chi connectivity index (χ0n) is 17.6. The number of carboxylic acids is 1. The molecule has 1 saturated heterocycles. The number of aromatic hydroxyl groups is 1. The molecule has 1 heterocycles. The zero-order valence-corrected chi connectivity index (χ0v) is 17.6. The van der Waals surface area contributed by atoms with Gasteiger partial charge in [0, 0.05) is 11.1 Å². The summed E-state index contributed by atoms with van der Waals surface area (Å²) in [5.41, 5.74) is 1.36. The van der Waals surface area contributed by atoms with Crippen molar-refractivity contribution in [3.63, 3.8) is 0 Å². The molecule has 0 bridgehead atoms. The van der Waals surface area contributed by atoms with E-state index < -0.39 is 12.1 Å². The molecule has 1 unspecified atom stereocenters. The Balaban J connectivity index is 1.55. The Labute approximate surface area is 185 Å². The second-order valence-electron chi connectivity index (χ2n) is 8.15. The van der Waals surface area contributed by atoms with Crippen LogP contribution in [0.25, 0.3) is 10.8 Å². The minimum Gasteiger partial charge on any atom is -0.508 e. The van der Waals surface area contributed by atoms with Crippen molar-refractivity contribution in [1.82, 2.24) is 10.2 Å². The topological polar surface area (TPSA) is 110 Å². The molecule has 1 amide bonds. The molecule has 0 saturated carbocycles. The molecular weight excluding hydrogens is 408 g/mol. The van der Waals surface area contributed by atoms with E-state index in [-0.39, 0.29) is 22.8 Å². The summed E-state index contributed by atoms with van der Waals surface area (Å²) in [7, 11) is 0. The SMILES string of the molecule is O=C(O)c1ccc(C(O)c2cc3cc(C(=O)NCN4CCCCC4)ccc3cc2O)cc1. The number of fused-ring (bicyclic) bond motifs is 1. The number of aromatic carboxylic acids is 1. The van der Waals surface area contributed by atoms with Gasteiger partial charge in [0.2, 0.25) is 0 Å². The molecule has 7 heteroatoms. The molecule has 0 aromatic heterocycles. The molecule has 4 N–H and O–H groups in total. The number of hydrogen-bond acceptors (Lipinski definition) is 5. The van der Waals surface area contributed by atoms with Crippen LogP contribution in [0.15, 0.2) is 54.6 Å². The lowest BCUT2D eigenvalue weighted by Crippen LogP contribution is -2.40. The highest BCUT2D eigenvalue weighted by Crippen LogP contribution is 2.33. The highest BCUT2D eigenvalue weighted by molar-refractivity contribution is 5.99. The van der Waals surface area contributed by atoms with Crippen molar-refractivity contribution in [3.8, 4) is 5.75 Å². The minimum absolute atomic E-state index is 0.0744. The van der Waals surface area contributed by atoms with Gasteiger partial charge in [-0.2, -0.15) is 0 Å². The maximum absolute atomic E-state index is 12.6. The Hall–Kier alpha value is -3.42. The lowest BCUT2D eigenvalue weighted by Gasteiger charge is -2.26. The first kappa shape index (κ1) is 21.8. The summed E-state index contributed by atoms with van der Waals surface area (Å²) in [6.45, 7) is 2.50. The summed E-state index contributed by atoms with van der Waals surface area (Å²) >= 11 is 0. The Morgan fingerprint density at radius 3 is 2.28 bits per heavy atom. The number of nitrogens with zero attached hydrogens (tertiary/aromatic N) is 1. The van der Waals surface area contributed by atoms with Crippen LogP contribution in [-0.2, 0) is 0 Å². The first-order valence-electron chi connectivity index (χ1n) is 10.7. The van der Waals surface area contributed by atoms with Gasteiger partial charge in [0.05, 0.1) is 12.2 Å². The third kappa shape index (κ3) is 4.74. The van der Waals surface area contributed by atoms with E-state index in [0.717, 1.165) is 31.3 Å². The molecule has 7 nitrogen and oxygen atoms in total. The maximum atomic E-state index is 12.6. The predicted molar refractivity (Wildman–Crippen MR) is 121 cm³/mol. The number of aliphatic hydroxyl groups is 1. The summed E-state index contributed by atoms with van der Waals surface area (Å²) in [6.07, 6.45) is 2.40. The van der Waals surface area contributed by atoms with Crippen LogP contribution in [0.5, 0.6) is 5.75 Å². The van der Waals surface area contributed by atoms with E-state index in [1.54, 1.807) is 30.3 Å². The van der Waals surface area contributed by atoms with Crippen LogP contribution in [0.1, 0.15) is 57.2 Å². The van der Waals surface area contributed by atoms with Crippen LogP contribution < -0.4 is 5.32 Å². The fourth-order valence-corrected chi connectivity index (χ4v) is 4.05. The van der Waals surface area contributed by atoms with Crippen molar-refractivity contribution < 1.29 is 24.9 Å². The quantitative estimate of drug-likeness (QED) is 0.473. The molecule has 32 heavy (non-hydrogen) atoms. The molecule has 166 valence electrons. The molecule has 0 radical (unpaired) electrons. The van der Waals surface area contributed by atoms with Crippen molar-refractivity contribution in [2.75, 3.05) is 19.8 Å². The number of amides is 1. The molecule has 0 spiro atoms. The number of benzene rings is 3. The van der Waals surface area contributed by atoms with E-state index in [4.69, 9.17) is 5.11 Å². The number of carboxylic acid groups (broad SMARTS) is 1. The van der Waals surface area contributed by atoms with Crippen molar-refractivity contribution in [2.45, 2.75) is 25.4 Å². The summed E-state index contributed by atoms with van der Waals surface area (Å²) < 4.78 is 0. The van der Waals surface area contributed by atoms with Crippen LogP contribution >= 0.6 is 0 Å². The smallest absolute Gasteiger partial charge is 0.335 e. The maximum Gasteiger partial charge on any atom is 0.335 e. The van der Waals surface area contributed by atoms with Gasteiger partial charge in [-0.05, 0) is 78.7 Å². The van der Waals surface area contributed by atoms with Gasteiger partial charge in [-0.15, -0.1) is 0 Å². The standard InChI is InChI=1S/C25H26N2O5/c28-22-14-18-8-9-19(24(30)26-15-27-10-2-1-3-11-27)12-20(18)13-21(22)23(29)16-4-6-17(7-5-16)25(31)32/h4-9,12-14,23,28-29H,1-3,10-11,15H2,(H,26,30)(H,31,32). The Bertz CT molecular complexity index is 1140. The minimum atomic E-state index is -1.14. The van der Waals surface area contributed by atoms with Crippen LogP contribution in [-0.4, -0.2) is 51.9 Å². The molecule has 1 atom stereocenters. The molecule has 1 aliphatic heterocycles. The molecular formula is C25H26N2O5. The Morgan fingerprint density at radius 1 is 0.906 bits per heavy atom. The number of nitrogens with one attached hydrogen (secondary N) is 1. The van der Waals surface area contributed by atoms with Crippen molar-refractivity contribution >= 4 is 22.6 Å². The number of phenols is 1. The average Bonchev–Trinajstić information content (AvgIpc) is 2.82. The molecule has 1 aliphatic rings. The Morgan fingerprint density at radius 2 is 1.59 bits per heavy atom. The molecule has 3 aromatic carbocycles. The number of hydrogen-bond donors (Lipinski definition) is 4. The summed E-state index contributed by atoms with van der Waals surface area (Å²) in [5.74, 6) is -1.29. The number of aliphatic hydroxyl groups excluding tert-OH is 1. The van der Waals surface area contributed by atoms with Crippen molar-refractivity contribution in [1.29, 1.82) is 0 Å². The number of carbonyl (C=O) groups is 2. The zero-order chi connectivity index (χ0) is 22.7. The first-order valence-corrected chi connectivity index (χ1v) is 10.7. The predicted octanol–water partition coefficient (Wildman–Crippen LogP) is 3.50. The molecule has 0 aliphatic carbocycles. The third-order valence-electron chi connectivity index (χ3n) is 5.93. The van der Waals surface area contributed by atoms with Gasteiger partial charge in [-0.3, -0.25) is 9.69 Å². The van der Waals surface area contributed by atoms with Gasteiger partial charge in [0.1, 0.15) is 11.9 Å². The number of carbonyl (C=O) groups excluding carboxylic acids is 1. The van der Waals surface area contributed by atoms with Gasteiger partial charge >= 0.3 is 5.97 Å². The summed E-state index contributed by atoms with van der Waals surface area (Å²) in [4.78, 5) is 25.9. The second-order valence-corrected chi connectivity index (χ2v) is 8.15. The lowest BCUT2D eigenvalue weighted by atomic mass is 9.96. The number of rotatable bonds is 6. The highest BCUT2D eigenvalue weighted by atomic mass is 16.4. The normalized spacial score (nSPS) is 15.4. The highest BCUT2D eigenvalue weighted by Gasteiger charge is 2.18. The number of piperidine rings is 1. The number of likely N-dealkylation sites (tertiary alicyclic amines) is 1. The van der Waals surface area contributed by atoms with Gasteiger partial charge in [-0.1, -0.05) is 24.6 Å². The van der Waals surface area contributed by atoms with Gasteiger partial charge < -0.3 is 20.6 Å². The van der Waals surface area contributed by atoms with Crippen molar-refractivity contribution in [3.05, 3.63) is 76.9 Å². The second kappa shape index (κ2) is 9.38. The monoisotopic (exact) mass is 434 g/mol.